The van der Waals surface area contributed by atoms with Crippen molar-refractivity contribution in [2.45, 2.75) is 6.54 Å². The van der Waals surface area contributed by atoms with Crippen LogP contribution in [-0.4, -0.2) is 41.1 Å². The fraction of sp³-hybridized carbons (Fsp3) is 0.417. The van der Waals surface area contributed by atoms with E-state index in [1.807, 2.05) is 6.07 Å². The molecule has 4 nitrogen and oxygen atoms in total. The van der Waals surface area contributed by atoms with Crippen LogP contribution in [0.1, 0.15) is 5.56 Å². The molecule has 3 N–H and O–H groups in total. The van der Waals surface area contributed by atoms with Gasteiger partial charge in [-0.2, -0.15) is 0 Å². The van der Waals surface area contributed by atoms with Gasteiger partial charge in [0.15, 0.2) is 5.11 Å². The number of nitrogens with one attached hydrogen (secondary N) is 1. The van der Waals surface area contributed by atoms with Crippen LogP contribution in [0.25, 0.3) is 0 Å². The third-order valence-corrected chi connectivity index (χ3v) is 3.41. The molecule has 92 valence electrons. The van der Waals surface area contributed by atoms with Crippen LogP contribution in [-0.2, 0) is 6.54 Å². The number of benzene rings is 1. The lowest BCUT2D eigenvalue weighted by Crippen LogP contribution is -2.52. The van der Waals surface area contributed by atoms with Crippen molar-refractivity contribution in [3.63, 3.8) is 0 Å². The van der Waals surface area contributed by atoms with Crippen LogP contribution < -0.4 is 11.3 Å². The molecule has 0 aromatic heterocycles. The van der Waals surface area contributed by atoms with Crippen LogP contribution in [0.5, 0.6) is 0 Å². The van der Waals surface area contributed by atoms with Gasteiger partial charge < -0.3 is 10.3 Å². The Labute approximate surface area is 107 Å². The average Bonchev–Trinajstić information content (AvgIpc) is 2.40. The van der Waals surface area contributed by atoms with Crippen molar-refractivity contribution in [2.24, 2.45) is 5.84 Å². The Bertz CT molecular complexity index is 360. The zero-order valence-corrected chi connectivity index (χ0v) is 10.6. The smallest absolute Gasteiger partial charge is 0.183 e. The molecule has 0 atom stereocenters. The molecule has 1 aliphatic heterocycles. The van der Waals surface area contributed by atoms with E-state index in [0.717, 1.165) is 32.7 Å². The summed E-state index contributed by atoms with van der Waals surface area (Å²) in [7, 11) is 0. The number of rotatable bonds is 2. The Morgan fingerprint density at radius 3 is 2.41 bits per heavy atom. The molecule has 0 spiro atoms. The summed E-state index contributed by atoms with van der Waals surface area (Å²) in [6.45, 7) is 4.94. The van der Waals surface area contributed by atoms with Gasteiger partial charge in [0.2, 0.25) is 0 Å². The minimum absolute atomic E-state index is 0.643. The summed E-state index contributed by atoms with van der Waals surface area (Å²) in [5.74, 6) is 5.31. The maximum atomic E-state index is 5.31. The quantitative estimate of drug-likeness (QED) is 0.456. The summed E-state index contributed by atoms with van der Waals surface area (Å²) >= 11 is 5.11. The van der Waals surface area contributed by atoms with E-state index in [4.69, 9.17) is 18.1 Å². The summed E-state index contributed by atoms with van der Waals surface area (Å²) < 4.78 is 0. The van der Waals surface area contributed by atoms with Crippen molar-refractivity contribution in [3.05, 3.63) is 35.9 Å². The molecule has 0 aliphatic carbocycles. The second kappa shape index (κ2) is 5.95. The predicted molar refractivity (Wildman–Crippen MR) is 73.2 cm³/mol. The monoisotopic (exact) mass is 250 g/mol. The highest BCUT2D eigenvalue weighted by molar-refractivity contribution is 7.80. The van der Waals surface area contributed by atoms with E-state index in [0.29, 0.717) is 5.11 Å². The molecular weight excluding hydrogens is 232 g/mol. The highest BCUT2D eigenvalue weighted by atomic mass is 32.1. The number of nitrogens with two attached hydrogens (primary N) is 1. The van der Waals surface area contributed by atoms with Gasteiger partial charge in [-0.25, -0.2) is 5.84 Å². The van der Waals surface area contributed by atoms with E-state index in [2.05, 4.69) is 39.5 Å². The molecule has 1 aromatic carbocycles. The van der Waals surface area contributed by atoms with Crippen molar-refractivity contribution in [1.82, 2.24) is 15.2 Å². The fourth-order valence-electron chi connectivity index (χ4n) is 2.04. The van der Waals surface area contributed by atoms with Crippen molar-refractivity contribution in [3.8, 4) is 0 Å². The molecule has 17 heavy (non-hydrogen) atoms. The number of hydrazine groups is 1. The third-order valence-electron chi connectivity index (χ3n) is 3.03. The predicted octanol–water partition coefficient (Wildman–Crippen LogP) is 0.552. The Morgan fingerprint density at radius 1 is 1.18 bits per heavy atom. The zero-order valence-electron chi connectivity index (χ0n) is 9.80. The van der Waals surface area contributed by atoms with Crippen molar-refractivity contribution >= 4 is 17.3 Å². The number of hydrogen-bond donors (Lipinski definition) is 2. The van der Waals surface area contributed by atoms with Gasteiger partial charge in [-0.1, -0.05) is 30.3 Å². The van der Waals surface area contributed by atoms with E-state index < -0.39 is 0 Å². The molecule has 1 heterocycles. The van der Waals surface area contributed by atoms with Crippen molar-refractivity contribution < 1.29 is 0 Å². The standard InChI is InChI=1S/C12H18N4S/c13-14-12(17)16-8-6-15(7-9-16)10-11-4-2-1-3-5-11/h1-5H,6-10,13H2,(H,14,17). The van der Waals surface area contributed by atoms with Gasteiger partial charge in [0.05, 0.1) is 0 Å². The number of thiocarbonyl (C=S) groups is 1. The number of hydrogen-bond acceptors (Lipinski definition) is 3. The van der Waals surface area contributed by atoms with E-state index in [1.165, 1.54) is 5.56 Å². The first kappa shape index (κ1) is 12.3. The molecule has 0 radical (unpaired) electrons. The van der Waals surface area contributed by atoms with E-state index in [9.17, 15) is 0 Å². The first-order valence-corrected chi connectivity index (χ1v) is 6.22. The van der Waals surface area contributed by atoms with Crippen LogP contribution in [0.2, 0.25) is 0 Å². The topological polar surface area (TPSA) is 44.5 Å². The Balaban J connectivity index is 1.82. The Morgan fingerprint density at radius 2 is 1.82 bits per heavy atom. The maximum Gasteiger partial charge on any atom is 0.183 e. The second-order valence-corrected chi connectivity index (χ2v) is 4.58. The summed E-state index contributed by atoms with van der Waals surface area (Å²) in [5.41, 5.74) is 3.90. The highest BCUT2D eigenvalue weighted by Crippen LogP contribution is 2.08. The highest BCUT2D eigenvalue weighted by Gasteiger charge is 2.18. The molecule has 0 amide bonds. The van der Waals surface area contributed by atoms with Gasteiger partial charge in [0, 0.05) is 32.7 Å². The fourth-order valence-corrected chi connectivity index (χ4v) is 2.22. The summed E-state index contributed by atoms with van der Waals surface area (Å²) in [6.07, 6.45) is 0. The molecule has 0 saturated carbocycles. The van der Waals surface area contributed by atoms with Gasteiger partial charge in [-0.05, 0) is 17.8 Å². The molecule has 0 bridgehead atoms. The van der Waals surface area contributed by atoms with Crippen LogP contribution >= 0.6 is 12.2 Å². The molecule has 0 unspecified atom stereocenters. The largest absolute Gasteiger partial charge is 0.346 e. The molecule has 1 aromatic rings. The summed E-state index contributed by atoms with van der Waals surface area (Å²) in [6, 6.07) is 10.5. The van der Waals surface area contributed by atoms with Crippen molar-refractivity contribution in [1.29, 1.82) is 0 Å². The van der Waals surface area contributed by atoms with E-state index >= 15 is 0 Å². The summed E-state index contributed by atoms with van der Waals surface area (Å²) in [5, 5.41) is 0.643. The maximum absolute atomic E-state index is 5.31. The molecule has 1 fully saturated rings. The molecular formula is C12H18N4S. The first-order chi connectivity index (χ1) is 8.29. The Kier molecular flexibility index (Phi) is 4.30. The second-order valence-electron chi connectivity index (χ2n) is 4.20. The number of nitrogens with zero attached hydrogens (tertiary/aromatic N) is 2. The van der Waals surface area contributed by atoms with Gasteiger partial charge in [-0.15, -0.1) is 0 Å². The summed E-state index contributed by atoms with van der Waals surface area (Å²) in [4.78, 5) is 4.54. The lowest BCUT2D eigenvalue weighted by atomic mass is 10.2. The minimum Gasteiger partial charge on any atom is -0.346 e. The van der Waals surface area contributed by atoms with Crippen LogP contribution in [0.15, 0.2) is 30.3 Å². The lowest BCUT2D eigenvalue weighted by molar-refractivity contribution is 0.174. The van der Waals surface area contributed by atoms with Gasteiger partial charge in [0.25, 0.3) is 0 Å². The normalized spacial score (nSPS) is 16.9. The molecule has 1 saturated heterocycles. The minimum atomic E-state index is 0.643. The average molecular weight is 250 g/mol. The zero-order chi connectivity index (χ0) is 12.1. The molecule has 2 rings (SSSR count). The van der Waals surface area contributed by atoms with Gasteiger partial charge >= 0.3 is 0 Å². The van der Waals surface area contributed by atoms with Gasteiger partial charge in [-0.3, -0.25) is 4.90 Å². The molecule has 1 aliphatic rings. The lowest BCUT2D eigenvalue weighted by Gasteiger charge is -2.35. The van der Waals surface area contributed by atoms with Crippen LogP contribution in [0.3, 0.4) is 0 Å². The SMILES string of the molecule is NNC(=S)N1CCN(Cc2ccccc2)CC1. The van der Waals surface area contributed by atoms with Crippen molar-refractivity contribution in [2.75, 3.05) is 26.2 Å². The Hall–Kier alpha value is -1.17. The van der Waals surface area contributed by atoms with E-state index in [-0.39, 0.29) is 0 Å². The van der Waals surface area contributed by atoms with E-state index in [1.54, 1.807) is 0 Å². The first-order valence-electron chi connectivity index (χ1n) is 5.81. The number of piperazine rings is 1. The van der Waals surface area contributed by atoms with Crippen LogP contribution in [0, 0.1) is 0 Å². The van der Waals surface area contributed by atoms with Gasteiger partial charge in [0.1, 0.15) is 0 Å². The molecule has 5 heteroatoms. The third kappa shape index (κ3) is 3.39. The van der Waals surface area contributed by atoms with Crippen LogP contribution in [0.4, 0.5) is 0 Å².